The van der Waals surface area contributed by atoms with Crippen molar-refractivity contribution in [3.8, 4) is 0 Å². The van der Waals surface area contributed by atoms with Crippen LogP contribution in [0.2, 0.25) is 0 Å². The van der Waals surface area contributed by atoms with Gasteiger partial charge in [0.1, 0.15) is 22.1 Å². The second-order valence-electron chi connectivity index (χ2n) is 5.04. The smallest absolute Gasteiger partial charge is 0.131 e. The van der Waals surface area contributed by atoms with E-state index in [0.717, 1.165) is 31.9 Å². The number of benzene rings is 2. The van der Waals surface area contributed by atoms with Crippen LogP contribution in [0.3, 0.4) is 0 Å². The first-order chi connectivity index (χ1) is 11.3. The summed E-state index contributed by atoms with van der Waals surface area (Å²) in [7, 11) is 0. The summed E-state index contributed by atoms with van der Waals surface area (Å²) < 4.78 is 0. The van der Waals surface area contributed by atoms with Gasteiger partial charge >= 0.3 is 0 Å². The molecule has 1 aromatic heterocycles. The quantitative estimate of drug-likeness (QED) is 0.601. The zero-order valence-electron chi connectivity index (χ0n) is 12.4. The number of fused-ring (bicyclic) bond motifs is 2. The van der Waals surface area contributed by atoms with Crippen molar-refractivity contribution in [1.82, 2.24) is 9.97 Å². The number of hydrogen-bond donors (Lipinski definition) is 0. The van der Waals surface area contributed by atoms with E-state index < -0.39 is 0 Å². The minimum atomic E-state index is 0.861. The molecule has 112 valence electrons. The van der Waals surface area contributed by atoms with Gasteiger partial charge in [0.15, 0.2) is 0 Å². The van der Waals surface area contributed by atoms with Crippen LogP contribution in [0.25, 0.3) is 0 Å². The minimum absolute atomic E-state index is 0.861. The minimum Gasteiger partial charge on any atom is -0.247 e. The number of hydrogen-bond acceptors (Lipinski definition) is 5. The summed E-state index contributed by atoms with van der Waals surface area (Å²) in [5.74, 6) is 0. The highest BCUT2D eigenvalue weighted by atomic mass is 32.2. The molecule has 0 aliphatic carbocycles. The number of nitrogens with zero attached hydrogens (tertiary/aromatic N) is 3. The monoisotopic (exact) mass is 335 g/mol. The van der Waals surface area contributed by atoms with Gasteiger partial charge in [-0.2, -0.15) is 0 Å². The largest absolute Gasteiger partial charge is 0.247 e. The molecule has 1 aliphatic heterocycles. The van der Waals surface area contributed by atoms with Gasteiger partial charge in [-0.1, -0.05) is 59.9 Å². The van der Waals surface area contributed by atoms with E-state index in [-0.39, 0.29) is 0 Å². The first kappa shape index (κ1) is 14.5. The molecule has 0 unspecified atom stereocenters. The molecule has 0 saturated carbocycles. The molecule has 2 heterocycles. The standard InChI is InChI=1S/C18H13N3S2/c1-12-14-9-5-6-10-15(14)23-18-16(21-12)17(19-11-20-18)22-13-7-3-2-4-8-13/h2-11H,1H3. The molecule has 0 bridgehead atoms. The molecule has 0 saturated heterocycles. The Labute approximate surface area is 143 Å². The van der Waals surface area contributed by atoms with Crippen LogP contribution >= 0.6 is 23.5 Å². The predicted octanol–water partition coefficient (Wildman–Crippen LogP) is 5.23. The van der Waals surface area contributed by atoms with Gasteiger partial charge in [0, 0.05) is 21.1 Å². The van der Waals surface area contributed by atoms with E-state index in [9.17, 15) is 0 Å². The maximum absolute atomic E-state index is 4.83. The van der Waals surface area contributed by atoms with Gasteiger partial charge in [-0.3, -0.25) is 0 Å². The Morgan fingerprint density at radius 1 is 0.913 bits per heavy atom. The molecule has 1 aliphatic rings. The SMILES string of the molecule is CC1=Nc2c(Sc3ccccc3)ncnc2Sc2ccccc21. The fourth-order valence-corrected chi connectivity index (χ4v) is 4.32. The molecule has 3 aromatic rings. The van der Waals surface area contributed by atoms with Crippen molar-refractivity contribution in [2.24, 2.45) is 4.99 Å². The van der Waals surface area contributed by atoms with Crippen LogP contribution < -0.4 is 0 Å². The van der Waals surface area contributed by atoms with Gasteiger partial charge in [0.05, 0.1) is 0 Å². The summed E-state index contributed by atoms with van der Waals surface area (Å²) >= 11 is 3.27. The van der Waals surface area contributed by atoms with Crippen LogP contribution in [0.1, 0.15) is 12.5 Å². The number of aliphatic imine (C=N–C) groups is 1. The fourth-order valence-electron chi connectivity index (χ4n) is 2.38. The molecule has 5 heteroatoms. The van der Waals surface area contributed by atoms with Crippen molar-refractivity contribution in [2.75, 3.05) is 0 Å². The van der Waals surface area contributed by atoms with Gasteiger partial charge in [0.2, 0.25) is 0 Å². The Hall–Kier alpha value is -2.11. The van der Waals surface area contributed by atoms with E-state index in [2.05, 4.69) is 34.2 Å². The van der Waals surface area contributed by atoms with E-state index in [1.54, 1.807) is 29.9 Å². The Balaban J connectivity index is 1.82. The molecule has 0 spiro atoms. The van der Waals surface area contributed by atoms with Crippen LogP contribution in [-0.4, -0.2) is 15.7 Å². The van der Waals surface area contributed by atoms with Gasteiger partial charge < -0.3 is 0 Å². The van der Waals surface area contributed by atoms with E-state index >= 15 is 0 Å². The highest BCUT2D eigenvalue weighted by Crippen LogP contribution is 2.43. The summed E-state index contributed by atoms with van der Waals surface area (Å²) in [6.45, 7) is 2.04. The van der Waals surface area contributed by atoms with E-state index in [0.29, 0.717) is 0 Å². The summed E-state index contributed by atoms with van der Waals surface area (Å²) in [5, 5.41) is 1.79. The molecule has 0 fully saturated rings. The lowest BCUT2D eigenvalue weighted by Gasteiger charge is -2.07. The molecule has 2 aromatic carbocycles. The highest BCUT2D eigenvalue weighted by molar-refractivity contribution is 8.00. The van der Waals surface area contributed by atoms with E-state index in [1.165, 1.54) is 4.90 Å². The molecular weight excluding hydrogens is 322 g/mol. The Morgan fingerprint density at radius 3 is 2.57 bits per heavy atom. The summed E-state index contributed by atoms with van der Waals surface area (Å²) in [6.07, 6.45) is 1.62. The normalized spacial score (nSPS) is 12.8. The summed E-state index contributed by atoms with van der Waals surface area (Å²) in [4.78, 5) is 16.1. The fraction of sp³-hybridized carbons (Fsp3) is 0.0556. The maximum atomic E-state index is 4.83. The van der Waals surface area contributed by atoms with Crippen molar-refractivity contribution in [1.29, 1.82) is 0 Å². The Kier molecular flexibility index (Phi) is 3.89. The lowest BCUT2D eigenvalue weighted by Crippen LogP contribution is -1.94. The summed E-state index contributed by atoms with van der Waals surface area (Å²) in [6, 6.07) is 18.5. The van der Waals surface area contributed by atoms with Crippen LogP contribution in [0.5, 0.6) is 0 Å². The maximum Gasteiger partial charge on any atom is 0.131 e. The predicted molar refractivity (Wildman–Crippen MR) is 95.0 cm³/mol. The van der Waals surface area contributed by atoms with Crippen molar-refractivity contribution in [3.63, 3.8) is 0 Å². The average Bonchev–Trinajstić information content (AvgIpc) is 2.73. The third-order valence-electron chi connectivity index (χ3n) is 3.48. The molecule has 0 amide bonds. The van der Waals surface area contributed by atoms with Crippen LogP contribution in [0.15, 0.2) is 85.8 Å². The Morgan fingerprint density at radius 2 is 1.70 bits per heavy atom. The van der Waals surface area contributed by atoms with Gasteiger partial charge in [-0.15, -0.1) is 0 Å². The van der Waals surface area contributed by atoms with Gasteiger partial charge in [-0.25, -0.2) is 15.0 Å². The molecule has 3 nitrogen and oxygen atoms in total. The first-order valence-corrected chi connectivity index (χ1v) is 8.85. The molecule has 0 atom stereocenters. The van der Waals surface area contributed by atoms with Crippen molar-refractivity contribution in [2.45, 2.75) is 26.8 Å². The number of rotatable bonds is 2. The zero-order chi connectivity index (χ0) is 15.6. The Bertz CT molecular complexity index is 892. The third kappa shape index (κ3) is 2.90. The van der Waals surface area contributed by atoms with Crippen molar-refractivity contribution in [3.05, 3.63) is 66.5 Å². The first-order valence-electron chi connectivity index (χ1n) is 7.22. The molecule has 0 radical (unpaired) electrons. The molecule has 0 N–H and O–H groups in total. The van der Waals surface area contributed by atoms with Crippen molar-refractivity contribution >= 4 is 34.9 Å². The zero-order valence-corrected chi connectivity index (χ0v) is 14.1. The number of aromatic nitrogens is 2. The van der Waals surface area contributed by atoms with E-state index in [1.807, 2.05) is 37.3 Å². The highest BCUT2D eigenvalue weighted by Gasteiger charge is 2.19. The topological polar surface area (TPSA) is 38.1 Å². The lowest BCUT2D eigenvalue weighted by atomic mass is 10.1. The van der Waals surface area contributed by atoms with Crippen molar-refractivity contribution < 1.29 is 0 Å². The summed E-state index contributed by atoms with van der Waals surface area (Å²) in [5.41, 5.74) is 3.02. The second kappa shape index (κ2) is 6.18. The molecular formula is C18H13N3S2. The lowest BCUT2D eigenvalue weighted by molar-refractivity contribution is 0.961. The van der Waals surface area contributed by atoms with Gasteiger partial charge in [-0.05, 0) is 25.1 Å². The van der Waals surface area contributed by atoms with E-state index in [4.69, 9.17) is 4.99 Å². The van der Waals surface area contributed by atoms with Gasteiger partial charge in [0.25, 0.3) is 0 Å². The molecule has 4 rings (SSSR count). The van der Waals surface area contributed by atoms with Crippen LogP contribution in [0.4, 0.5) is 5.69 Å². The second-order valence-corrected chi connectivity index (χ2v) is 7.14. The average molecular weight is 335 g/mol. The molecule has 23 heavy (non-hydrogen) atoms. The van der Waals surface area contributed by atoms with Crippen LogP contribution in [-0.2, 0) is 0 Å². The van der Waals surface area contributed by atoms with Crippen LogP contribution in [0, 0.1) is 0 Å². The third-order valence-corrected chi connectivity index (χ3v) is 5.54.